The van der Waals surface area contributed by atoms with Gasteiger partial charge >= 0.3 is 7.82 Å². The minimum Gasteiger partial charge on any atom is -0.394 e. The van der Waals surface area contributed by atoms with E-state index in [0.717, 1.165) is 7.11 Å². The van der Waals surface area contributed by atoms with E-state index in [1.54, 1.807) is 0 Å². The summed E-state index contributed by atoms with van der Waals surface area (Å²) in [7, 11) is -1.75. The van der Waals surface area contributed by atoms with E-state index in [1.165, 1.54) is 14.0 Å². The van der Waals surface area contributed by atoms with Crippen molar-refractivity contribution in [2.45, 2.75) is 62.9 Å². The summed E-state index contributed by atoms with van der Waals surface area (Å²) in [5.74, 6) is -0.796. The maximum Gasteiger partial charge on any atom is 0.471 e. The highest BCUT2D eigenvalue weighted by Gasteiger charge is 2.45. The van der Waals surface area contributed by atoms with Gasteiger partial charge in [-0.05, 0) is 12.8 Å². The molecule has 1 rings (SSSR count). The van der Waals surface area contributed by atoms with Crippen molar-refractivity contribution in [1.29, 1.82) is 0 Å². The molecule has 6 N–H and O–H groups in total. The Balaban J connectivity index is 2.44. The Kier molecular flexibility index (Phi) is 13.5. The number of carbonyl (C=O) groups is 2. The highest BCUT2D eigenvalue weighted by Crippen LogP contribution is 2.41. The van der Waals surface area contributed by atoms with Crippen LogP contribution in [0, 0.1) is 0 Å². The molecule has 1 aliphatic heterocycles. The van der Waals surface area contributed by atoms with Crippen LogP contribution >= 0.6 is 7.82 Å². The van der Waals surface area contributed by atoms with Gasteiger partial charge in [-0.15, -0.1) is 0 Å². The van der Waals surface area contributed by atoms with E-state index in [2.05, 4.69) is 15.2 Å². The standard InChI is InChI=1S/C18H35N2O12P/c1-11(22)19-15-17(25)16(24)13(8-21)32-18(15)30-7-5-4-6-14(23)20-12(9-28-2)10-31-33(26,27)29-3/h12-13,15-18,21,24-25H,4-10H2,1-3H3,(H,19,22)(H,20,23)(H,26,27)/t12-,13?,15?,16-,17?,18+/m0/s1. The normalized spacial score (nSPS) is 28.0. The summed E-state index contributed by atoms with van der Waals surface area (Å²) in [6, 6.07) is -1.69. The van der Waals surface area contributed by atoms with Crippen LogP contribution in [0.4, 0.5) is 0 Å². The summed E-state index contributed by atoms with van der Waals surface area (Å²) >= 11 is 0. The minimum absolute atomic E-state index is 0.0579. The third-order valence-corrected chi connectivity index (χ3v) is 5.67. The maximum absolute atomic E-state index is 12.1. The number of amides is 2. The zero-order valence-electron chi connectivity index (χ0n) is 18.9. The summed E-state index contributed by atoms with van der Waals surface area (Å²) in [5, 5.41) is 34.6. The Hall–Kier alpha value is -1.19. The Morgan fingerprint density at radius 2 is 1.85 bits per heavy atom. The second-order valence-corrected chi connectivity index (χ2v) is 8.99. The van der Waals surface area contributed by atoms with E-state index >= 15 is 0 Å². The zero-order chi connectivity index (χ0) is 25.0. The van der Waals surface area contributed by atoms with Crippen molar-refractivity contribution in [2.24, 2.45) is 0 Å². The molecule has 4 unspecified atom stereocenters. The Labute approximate surface area is 192 Å². The lowest BCUT2D eigenvalue weighted by Crippen LogP contribution is -2.64. The largest absolute Gasteiger partial charge is 0.471 e. The second-order valence-electron chi connectivity index (χ2n) is 7.43. The molecule has 2 amide bonds. The van der Waals surface area contributed by atoms with Gasteiger partial charge in [0.1, 0.15) is 24.4 Å². The van der Waals surface area contributed by atoms with Gasteiger partial charge in [0.15, 0.2) is 6.29 Å². The van der Waals surface area contributed by atoms with E-state index in [0.29, 0.717) is 12.8 Å². The number of rotatable bonds is 15. The molecular weight excluding hydrogens is 467 g/mol. The van der Waals surface area contributed by atoms with Crippen LogP contribution in [0.5, 0.6) is 0 Å². The number of unbranched alkanes of at least 4 members (excludes halogenated alkanes) is 1. The number of hydrogen-bond donors (Lipinski definition) is 6. The molecule has 15 heteroatoms. The first-order valence-corrected chi connectivity index (χ1v) is 11.9. The van der Waals surface area contributed by atoms with E-state index in [4.69, 9.17) is 18.7 Å². The third-order valence-electron chi connectivity index (χ3n) is 4.73. The van der Waals surface area contributed by atoms with Gasteiger partial charge < -0.3 is 45.1 Å². The van der Waals surface area contributed by atoms with Crippen molar-refractivity contribution < 1.29 is 57.6 Å². The fourth-order valence-electron chi connectivity index (χ4n) is 3.07. The molecule has 1 aliphatic rings. The molecular formula is C18H35N2O12P. The van der Waals surface area contributed by atoms with Crippen LogP contribution in [0.15, 0.2) is 0 Å². The van der Waals surface area contributed by atoms with Crippen LogP contribution in [0.2, 0.25) is 0 Å². The van der Waals surface area contributed by atoms with Gasteiger partial charge in [0.2, 0.25) is 11.8 Å². The first-order chi connectivity index (χ1) is 15.5. The number of aliphatic hydroxyl groups excluding tert-OH is 3. The fraction of sp³-hybridized carbons (Fsp3) is 0.889. The zero-order valence-corrected chi connectivity index (χ0v) is 19.8. The van der Waals surface area contributed by atoms with Gasteiger partial charge in [0.05, 0.1) is 25.9 Å². The Bertz CT molecular complexity index is 654. The smallest absolute Gasteiger partial charge is 0.394 e. The lowest BCUT2D eigenvalue weighted by Gasteiger charge is -2.42. The van der Waals surface area contributed by atoms with Gasteiger partial charge in [-0.25, -0.2) is 4.57 Å². The van der Waals surface area contributed by atoms with Crippen molar-refractivity contribution in [3.63, 3.8) is 0 Å². The molecule has 0 saturated carbocycles. The predicted molar refractivity (Wildman–Crippen MR) is 112 cm³/mol. The van der Waals surface area contributed by atoms with Crippen molar-refractivity contribution >= 4 is 19.6 Å². The SMILES string of the molecule is COC[C@@H](COP(=O)(O)OC)NC(=O)CCCCO[C@@H]1OC(CO)[C@H](O)C(O)C1NC(C)=O. The average Bonchev–Trinajstić information content (AvgIpc) is 2.76. The third kappa shape index (κ3) is 10.7. The monoisotopic (exact) mass is 502 g/mol. The Morgan fingerprint density at radius 3 is 2.42 bits per heavy atom. The van der Waals surface area contributed by atoms with E-state index in [-0.39, 0.29) is 32.1 Å². The van der Waals surface area contributed by atoms with Crippen LogP contribution in [0.3, 0.4) is 0 Å². The van der Waals surface area contributed by atoms with Crippen molar-refractivity contribution in [1.82, 2.24) is 10.6 Å². The molecule has 0 aromatic carbocycles. The molecule has 0 aromatic rings. The number of methoxy groups -OCH3 is 1. The van der Waals surface area contributed by atoms with Crippen molar-refractivity contribution in [3.8, 4) is 0 Å². The summed E-state index contributed by atoms with van der Waals surface area (Å²) in [6.07, 6.45) is -4.03. The summed E-state index contributed by atoms with van der Waals surface area (Å²) in [4.78, 5) is 32.8. The van der Waals surface area contributed by atoms with Gasteiger partial charge in [-0.2, -0.15) is 0 Å². The molecule has 1 fully saturated rings. The molecule has 0 radical (unpaired) electrons. The molecule has 194 valence electrons. The predicted octanol–water partition coefficient (Wildman–Crippen LogP) is -1.99. The van der Waals surface area contributed by atoms with E-state index in [1.807, 2.05) is 0 Å². The quantitative estimate of drug-likeness (QED) is 0.106. The van der Waals surface area contributed by atoms with Crippen LogP contribution in [0.25, 0.3) is 0 Å². The van der Waals surface area contributed by atoms with Crippen LogP contribution in [0.1, 0.15) is 26.2 Å². The van der Waals surface area contributed by atoms with Crippen LogP contribution < -0.4 is 10.6 Å². The molecule has 7 atom stereocenters. The molecule has 0 aromatic heterocycles. The topological polar surface area (TPSA) is 202 Å². The lowest BCUT2D eigenvalue weighted by molar-refractivity contribution is -0.270. The number of ether oxygens (including phenoxy) is 3. The minimum atomic E-state index is -4.18. The number of hydrogen-bond acceptors (Lipinski definition) is 11. The summed E-state index contributed by atoms with van der Waals surface area (Å²) in [5.41, 5.74) is 0. The van der Waals surface area contributed by atoms with Gasteiger partial charge in [-0.1, -0.05) is 0 Å². The molecule has 1 heterocycles. The van der Waals surface area contributed by atoms with Crippen molar-refractivity contribution in [2.75, 3.05) is 40.6 Å². The molecule has 0 bridgehead atoms. The lowest BCUT2D eigenvalue weighted by atomic mass is 9.97. The Morgan fingerprint density at radius 1 is 1.15 bits per heavy atom. The molecule has 33 heavy (non-hydrogen) atoms. The molecule has 14 nitrogen and oxygen atoms in total. The van der Waals surface area contributed by atoms with Crippen molar-refractivity contribution in [3.05, 3.63) is 0 Å². The highest BCUT2D eigenvalue weighted by atomic mass is 31.2. The first-order valence-electron chi connectivity index (χ1n) is 10.4. The van der Waals surface area contributed by atoms with Gasteiger partial charge in [-0.3, -0.25) is 18.6 Å². The van der Waals surface area contributed by atoms with E-state index in [9.17, 15) is 34.4 Å². The van der Waals surface area contributed by atoms with Gasteiger partial charge in [0, 0.05) is 34.2 Å². The van der Waals surface area contributed by atoms with E-state index < -0.39 is 57.0 Å². The van der Waals surface area contributed by atoms with Crippen LogP contribution in [-0.2, 0) is 37.4 Å². The second kappa shape index (κ2) is 14.9. The first kappa shape index (κ1) is 29.8. The number of nitrogens with one attached hydrogen (secondary N) is 2. The maximum atomic E-state index is 12.1. The highest BCUT2D eigenvalue weighted by molar-refractivity contribution is 7.47. The molecule has 1 saturated heterocycles. The molecule has 0 aliphatic carbocycles. The van der Waals surface area contributed by atoms with Crippen LogP contribution in [-0.4, -0.2) is 109 Å². The van der Waals surface area contributed by atoms with Gasteiger partial charge in [0.25, 0.3) is 0 Å². The fourth-order valence-corrected chi connectivity index (χ4v) is 3.54. The molecule has 0 spiro atoms. The number of phosphoric ester groups is 1. The number of phosphoric acid groups is 1. The summed E-state index contributed by atoms with van der Waals surface area (Å²) < 4.78 is 36.4. The average molecular weight is 502 g/mol. The summed E-state index contributed by atoms with van der Waals surface area (Å²) in [6.45, 7) is 0.578. The number of carbonyl (C=O) groups excluding carboxylic acids is 2. The number of aliphatic hydroxyl groups is 3.